The van der Waals surface area contributed by atoms with E-state index in [0.29, 0.717) is 38.2 Å². The van der Waals surface area contributed by atoms with Gasteiger partial charge in [0.25, 0.3) is 5.91 Å². The third-order valence-electron chi connectivity index (χ3n) is 5.71. The summed E-state index contributed by atoms with van der Waals surface area (Å²) in [5.74, 6) is -0.196. The van der Waals surface area contributed by atoms with Gasteiger partial charge in [0.15, 0.2) is 0 Å². The minimum Gasteiger partial charge on any atom is -0.349 e. The van der Waals surface area contributed by atoms with Crippen LogP contribution in [-0.4, -0.2) is 53.2 Å². The second-order valence-electron chi connectivity index (χ2n) is 7.75. The van der Waals surface area contributed by atoms with Gasteiger partial charge < -0.3 is 15.1 Å². The van der Waals surface area contributed by atoms with Crippen molar-refractivity contribution in [3.05, 3.63) is 58.3 Å². The molecule has 0 radical (unpaired) electrons. The summed E-state index contributed by atoms with van der Waals surface area (Å²) in [6.45, 7) is 2.29. The van der Waals surface area contributed by atoms with Gasteiger partial charge in [-0.3, -0.25) is 14.4 Å². The van der Waals surface area contributed by atoms with E-state index in [0.717, 1.165) is 18.4 Å². The molecule has 0 aliphatic carbocycles. The van der Waals surface area contributed by atoms with E-state index in [4.69, 9.17) is 0 Å². The second kappa shape index (κ2) is 8.78. The van der Waals surface area contributed by atoms with Gasteiger partial charge in [-0.15, -0.1) is 0 Å². The molecule has 2 aromatic rings. The van der Waals surface area contributed by atoms with Gasteiger partial charge in [0.2, 0.25) is 11.8 Å². The minimum absolute atomic E-state index is 0.0464. The Morgan fingerprint density at radius 1 is 1.10 bits per heavy atom. The van der Waals surface area contributed by atoms with Crippen molar-refractivity contribution in [2.75, 3.05) is 19.6 Å². The number of carbonyl (C=O) groups is 3. The Hall–Kier alpha value is -2.67. The number of benzene rings is 1. The molecular formula is C22H25N3O3S. The molecule has 0 spiro atoms. The normalized spacial score (nSPS) is 20.1. The third kappa shape index (κ3) is 4.67. The monoisotopic (exact) mass is 411 g/mol. The molecule has 0 bridgehead atoms. The molecule has 1 aromatic heterocycles. The van der Waals surface area contributed by atoms with Gasteiger partial charge in [-0.2, -0.15) is 11.3 Å². The number of likely N-dealkylation sites (tertiary alicyclic amines) is 2. The first kappa shape index (κ1) is 19.6. The number of nitrogens with one attached hydrogen (secondary N) is 1. The van der Waals surface area contributed by atoms with Crippen LogP contribution in [0, 0.1) is 5.92 Å². The van der Waals surface area contributed by atoms with Crippen molar-refractivity contribution < 1.29 is 14.4 Å². The summed E-state index contributed by atoms with van der Waals surface area (Å²) in [7, 11) is 0. The smallest absolute Gasteiger partial charge is 0.252 e. The van der Waals surface area contributed by atoms with Crippen LogP contribution in [0.5, 0.6) is 0 Å². The molecule has 2 aliphatic rings. The lowest BCUT2D eigenvalue weighted by atomic mass is 10.0. The molecule has 7 heteroatoms. The van der Waals surface area contributed by atoms with Crippen LogP contribution in [0.1, 0.15) is 35.2 Å². The van der Waals surface area contributed by atoms with Gasteiger partial charge in [0.05, 0.1) is 5.92 Å². The Balaban J connectivity index is 1.26. The summed E-state index contributed by atoms with van der Waals surface area (Å²) < 4.78 is 0. The highest BCUT2D eigenvalue weighted by Crippen LogP contribution is 2.24. The number of carbonyl (C=O) groups excluding carboxylic acids is 3. The number of piperidine rings is 1. The molecule has 1 N–H and O–H groups in total. The van der Waals surface area contributed by atoms with Gasteiger partial charge in [0, 0.05) is 49.6 Å². The first-order valence-corrected chi connectivity index (χ1v) is 11.0. The highest BCUT2D eigenvalue weighted by molar-refractivity contribution is 7.08. The van der Waals surface area contributed by atoms with E-state index in [1.165, 1.54) is 11.3 Å². The standard InChI is InChI=1S/C22H25N3O3S/c26-20-12-18(14-25(20)13-16-4-2-1-3-5-16)22(28)24-9-6-19(7-10-24)23-21(27)17-8-11-29-15-17/h1-5,8,11,15,18-19H,6-7,9-10,12-14H2,(H,23,27). The summed E-state index contributed by atoms with van der Waals surface area (Å²) in [5, 5.41) is 6.79. The molecule has 3 heterocycles. The molecule has 0 saturated carbocycles. The Morgan fingerprint density at radius 3 is 2.55 bits per heavy atom. The van der Waals surface area contributed by atoms with E-state index in [-0.39, 0.29) is 29.7 Å². The lowest BCUT2D eigenvalue weighted by Crippen LogP contribution is -2.48. The fourth-order valence-electron chi connectivity index (χ4n) is 4.06. The Bertz CT molecular complexity index is 861. The highest BCUT2D eigenvalue weighted by Gasteiger charge is 2.37. The molecule has 1 unspecified atom stereocenters. The Morgan fingerprint density at radius 2 is 1.86 bits per heavy atom. The summed E-state index contributed by atoms with van der Waals surface area (Å²) in [4.78, 5) is 41.1. The molecule has 29 heavy (non-hydrogen) atoms. The molecule has 2 aliphatic heterocycles. The molecule has 2 fully saturated rings. The maximum absolute atomic E-state index is 12.9. The van der Waals surface area contributed by atoms with Crippen molar-refractivity contribution in [2.45, 2.75) is 31.8 Å². The van der Waals surface area contributed by atoms with Crippen LogP contribution < -0.4 is 5.32 Å². The van der Waals surface area contributed by atoms with E-state index >= 15 is 0 Å². The maximum Gasteiger partial charge on any atom is 0.252 e. The van der Waals surface area contributed by atoms with E-state index in [1.807, 2.05) is 52.1 Å². The summed E-state index contributed by atoms with van der Waals surface area (Å²) in [6.07, 6.45) is 1.78. The van der Waals surface area contributed by atoms with Gasteiger partial charge in [-0.05, 0) is 29.9 Å². The molecule has 4 rings (SSSR count). The van der Waals surface area contributed by atoms with Crippen molar-refractivity contribution in [3.8, 4) is 0 Å². The SMILES string of the molecule is O=C(NC1CCN(C(=O)C2CC(=O)N(Cc3ccccc3)C2)CC1)c1ccsc1. The average Bonchev–Trinajstić information content (AvgIpc) is 3.40. The van der Waals surface area contributed by atoms with Gasteiger partial charge >= 0.3 is 0 Å². The Labute approximate surface area is 174 Å². The number of thiophene rings is 1. The quantitative estimate of drug-likeness (QED) is 0.822. The fourth-order valence-corrected chi connectivity index (χ4v) is 4.69. The molecule has 1 aromatic carbocycles. The fraction of sp³-hybridized carbons (Fsp3) is 0.409. The summed E-state index contributed by atoms with van der Waals surface area (Å²) >= 11 is 1.50. The molecule has 6 nitrogen and oxygen atoms in total. The van der Waals surface area contributed by atoms with Crippen molar-refractivity contribution >= 4 is 29.1 Å². The first-order valence-electron chi connectivity index (χ1n) is 10.0. The summed E-state index contributed by atoms with van der Waals surface area (Å²) in [5.41, 5.74) is 1.77. The first-order chi connectivity index (χ1) is 14.1. The number of amides is 3. The molecule has 152 valence electrons. The minimum atomic E-state index is -0.261. The van der Waals surface area contributed by atoms with Crippen LogP contribution in [-0.2, 0) is 16.1 Å². The van der Waals surface area contributed by atoms with E-state index in [1.54, 1.807) is 4.90 Å². The molecule has 3 amide bonds. The molecule has 2 saturated heterocycles. The topological polar surface area (TPSA) is 69.7 Å². The van der Waals surface area contributed by atoms with Crippen LogP contribution in [0.25, 0.3) is 0 Å². The van der Waals surface area contributed by atoms with E-state index in [9.17, 15) is 14.4 Å². The summed E-state index contributed by atoms with van der Waals surface area (Å²) in [6, 6.07) is 11.8. The van der Waals surface area contributed by atoms with Crippen LogP contribution in [0.4, 0.5) is 0 Å². The Kier molecular flexibility index (Phi) is 5.94. The van der Waals surface area contributed by atoms with Crippen LogP contribution >= 0.6 is 11.3 Å². The number of hydrogen-bond donors (Lipinski definition) is 1. The lowest BCUT2D eigenvalue weighted by molar-refractivity contribution is -0.136. The third-order valence-corrected chi connectivity index (χ3v) is 6.39. The van der Waals surface area contributed by atoms with E-state index < -0.39 is 0 Å². The predicted molar refractivity (Wildman–Crippen MR) is 111 cm³/mol. The largest absolute Gasteiger partial charge is 0.349 e. The highest BCUT2D eigenvalue weighted by atomic mass is 32.1. The molecule has 1 atom stereocenters. The zero-order valence-electron chi connectivity index (χ0n) is 16.3. The predicted octanol–water partition coefficient (Wildman–Crippen LogP) is 2.52. The van der Waals surface area contributed by atoms with Crippen molar-refractivity contribution in [1.82, 2.24) is 15.1 Å². The zero-order valence-corrected chi connectivity index (χ0v) is 17.1. The number of hydrogen-bond acceptors (Lipinski definition) is 4. The second-order valence-corrected chi connectivity index (χ2v) is 8.53. The van der Waals surface area contributed by atoms with Crippen molar-refractivity contribution in [2.24, 2.45) is 5.92 Å². The maximum atomic E-state index is 12.9. The average molecular weight is 412 g/mol. The van der Waals surface area contributed by atoms with Crippen LogP contribution in [0.3, 0.4) is 0 Å². The number of nitrogens with zero attached hydrogens (tertiary/aromatic N) is 2. The van der Waals surface area contributed by atoms with Crippen molar-refractivity contribution in [1.29, 1.82) is 0 Å². The lowest BCUT2D eigenvalue weighted by Gasteiger charge is -2.33. The number of rotatable bonds is 5. The van der Waals surface area contributed by atoms with Crippen LogP contribution in [0.15, 0.2) is 47.2 Å². The van der Waals surface area contributed by atoms with Crippen molar-refractivity contribution in [3.63, 3.8) is 0 Å². The van der Waals surface area contributed by atoms with E-state index in [2.05, 4.69) is 5.32 Å². The molecular weight excluding hydrogens is 386 g/mol. The van der Waals surface area contributed by atoms with Gasteiger partial charge in [0.1, 0.15) is 0 Å². The zero-order chi connectivity index (χ0) is 20.2. The van der Waals surface area contributed by atoms with Gasteiger partial charge in [-0.1, -0.05) is 30.3 Å². The van der Waals surface area contributed by atoms with Gasteiger partial charge in [-0.25, -0.2) is 0 Å². The van der Waals surface area contributed by atoms with Crippen LogP contribution in [0.2, 0.25) is 0 Å².